The van der Waals surface area contributed by atoms with Gasteiger partial charge in [0.15, 0.2) is 0 Å². The van der Waals surface area contributed by atoms with Gasteiger partial charge in [0.05, 0.1) is 5.52 Å². The van der Waals surface area contributed by atoms with E-state index in [4.69, 9.17) is 27.3 Å². The van der Waals surface area contributed by atoms with Gasteiger partial charge in [0.2, 0.25) is 5.95 Å². The Morgan fingerprint density at radius 3 is 2.75 bits per heavy atom. The van der Waals surface area contributed by atoms with Gasteiger partial charge in [0.1, 0.15) is 5.82 Å². The molecule has 5 nitrogen and oxygen atoms in total. The number of nitrogens with zero attached hydrogens (tertiary/aromatic N) is 2. The minimum absolute atomic E-state index is 0.387. The van der Waals surface area contributed by atoms with Gasteiger partial charge in [-0.2, -0.15) is 4.98 Å². The van der Waals surface area contributed by atoms with Crippen molar-refractivity contribution in [3.05, 3.63) is 52.5 Å². The molecule has 1 heterocycles. The van der Waals surface area contributed by atoms with Gasteiger partial charge >= 0.3 is 0 Å². The Morgan fingerprint density at radius 1 is 1.21 bits per heavy atom. The normalized spacial score (nSPS) is 14.9. The monoisotopic (exact) mass is 395 g/mol. The minimum Gasteiger partial charge on any atom is -0.367 e. The molecule has 4 N–H and O–H groups in total. The number of nitrogens with one attached hydrogen (secondary N) is 2. The number of benzene rings is 2. The third-order valence-electron chi connectivity index (χ3n) is 5.35. The number of rotatable bonds is 7. The van der Waals surface area contributed by atoms with Gasteiger partial charge in [0.25, 0.3) is 0 Å². The number of aryl methyl sites for hydroxylation is 1. The highest BCUT2D eigenvalue weighted by Gasteiger charge is 2.28. The zero-order chi connectivity index (χ0) is 19.7. The van der Waals surface area contributed by atoms with Crippen LogP contribution >= 0.6 is 11.6 Å². The number of halogens is 1. The molecule has 1 atom stereocenters. The quantitative estimate of drug-likeness (QED) is 0.522. The molecule has 146 valence electrons. The first kappa shape index (κ1) is 19.0. The summed E-state index contributed by atoms with van der Waals surface area (Å²) in [7, 11) is 0. The maximum atomic E-state index is 6.28. The van der Waals surface area contributed by atoms with Crippen molar-refractivity contribution in [3.63, 3.8) is 0 Å². The van der Waals surface area contributed by atoms with Crippen molar-refractivity contribution >= 4 is 40.0 Å². The molecule has 0 saturated heterocycles. The van der Waals surface area contributed by atoms with E-state index in [2.05, 4.69) is 35.8 Å². The van der Waals surface area contributed by atoms with Crippen LogP contribution in [0.2, 0.25) is 5.02 Å². The molecule has 1 saturated carbocycles. The maximum Gasteiger partial charge on any atom is 0.229 e. The second kappa shape index (κ2) is 7.94. The smallest absolute Gasteiger partial charge is 0.229 e. The van der Waals surface area contributed by atoms with Crippen LogP contribution in [0.3, 0.4) is 0 Å². The fraction of sp³-hybridized carbons (Fsp3) is 0.364. The molecule has 1 aromatic heterocycles. The lowest BCUT2D eigenvalue weighted by Crippen LogP contribution is -2.19. The fourth-order valence-electron chi connectivity index (χ4n) is 3.46. The van der Waals surface area contributed by atoms with Gasteiger partial charge in [-0.05, 0) is 74.9 Å². The second-order valence-corrected chi connectivity index (χ2v) is 8.01. The van der Waals surface area contributed by atoms with Gasteiger partial charge in [0, 0.05) is 22.1 Å². The first-order valence-corrected chi connectivity index (χ1v) is 10.2. The van der Waals surface area contributed by atoms with E-state index >= 15 is 0 Å². The summed E-state index contributed by atoms with van der Waals surface area (Å²) in [6.45, 7) is 4.79. The van der Waals surface area contributed by atoms with Crippen molar-refractivity contribution in [1.82, 2.24) is 9.97 Å². The van der Waals surface area contributed by atoms with Crippen molar-refractivity contribution in [2.75, 3.05) is 17.2 Å². The largest absolute Gasteiger partial charge is 0.367 e. The lowest BCUT2D eigenvalue weighted by molar-refractivity contribution is 0.691. The van der Waals surface area contributed by atoms with Crippen molar-refractivity contribution in [1.29, 1.82) is 0 Å². The molecule has 0 radical (unpaired) electrons. The van der Waals surface area contributed by atoms with Crippen LogP contribution in [-0.2, 0) is 6.42 Å². The third-order valence-corrected chi connectivity index (χ3v) is 5.75. The van der Waals surface area contributed by atoms with Gasteiger partial charge < -0.3 is 16.4 Å². The van der Waals surface area contributed by atoms with Crippen LogP contribution in [0.1, 0.15) is 30.9 Å². The predicted molar refractivity (Wildman–Crippen MR) is 118 cm³/mol. The number of anilines is 3. The van der Waals surface area contributed by atoms with E-state index in [9.17, 15) is 0 Å². The van der Waals surface area contributed by atoms with Crippen LogP contribution in [0.15, 0.2) is 36.4 Å². The summed E-state index contributed by atoms with van der Waals surface area (Å²) >= 11 is 6.28. The summed E-state index contributed by atoms with van der Waals surface area (Å²) in [5, 5.41) is 8.68. The van der Waals surface area contributed by atoms with E-state index < -0.39 is 0 Å². The number of hydrogen-bond donors (Lipinski definition) is 3. The zero-order valence-corrected chi connectivity index (χ0v) is 17.1. The van der Waals surface area contributed by atoms with Gasteiger partial charge in [-0.15, -0.1) is 0 Å². The Labute approximate surface area is 170 Å². The zero-order valence-electron chi connectivity index (χ0n) is 16.3. The van der Waals surface area contributed by atoms with E-state index in [0.29, 0.717) is 18.5 Å². The summed E-state index contributed by atoms with van der Waals surface area (Å²) in [6, 6.07) is 12.5. The van der Waals surface area contributed by atoms with E-state index in [1.165, 1.54) is 12.8 Å². The fourth-order valence-corrected chi connectivity index (χ4v) is 3.64. The summed E-state index contributed by atoms with van der Waals surface area (Å²) in [6.07, 6.45) is 3.34. The Kier molecular flexibility index (Phi) is 5.38. The molecule has 2 aromatic carbocycles. The summed E-state index contributed by atoms with van der Waals surface area (Å²) < 4.78 is 0. The number of hydrogen-bond acceptors (Lipinski definition) is 5. The molecule has 28 heavy (non-hydrogen) atoms. The van der Waals surface area contributed by atoms with Crippen LogP contribution in [0, 0.1) is 12.8 Å². The molecule has 3 aromatic rings. The Hall–Kier alpha value is -2.37. The van der Waals surface area contributed by atoms with E-state index in [0.717, 1.165) is 50.9 Å². The number of nitrogens with two attached hydrogens (primary N) is 1. The molecule has 4 rings (SSSR count). The molecule has 0 spiro atoms. The Morgan fingerprint density at radius 2 is 2.04 bits per heavy atom. The van der Waals surface area contributed by atoms with Crippen molar-refractivity contribution < 1.29 is 0 Å². The van der Waals surface area contributed by atoms with Crippen molar-refractivity contribution in [2.24, 2.45) is 11.7 Å². The molecular weight excluding hydrogens is 370 g/mol. The lowest BCUT2D eigenvalue weighted by atomic mass is 10.1. The highest BCUT2D eigenvalue weighted by molar-refractivity contribution is 6.31. The first-order chi connectivity index (χ1) is 13.5. The van der Waals surface area contributed by atoms with E-state index in [1.807, 2.05) is 25.1 Å². The average Bonchev–Trinajstić information content (AvgIpc) is 3.51. The molecular formula is C22H26ClN5. The molecule has 0 amide bonds. The molecule has 6 heteroatoms. The standard InChI is InChI=1S/C22H26ClN5/c1-13-6-9-17(12-19(13)23)26-22-27-20-16(10-11-24)4-3-5-18(20)21(28-22)25-14(2)15-7-8-15/h3-6,9,12,14-15H,7-8,10-11,24H2,1-2H3,(H2,25,26,27,28)/t14-/m1/s1. The molecule has 1 aliphatic carbocycles. The van der Waals surface area contributed by atoms with Crippen LogP contribution in [0.4, 0.5) is 17.5 Å². The van der Waals surface area contributed by atoms with Crippen LogP contribution < -0.4 is 16.4 Å². The minimum atomic E-state index is 0.387. The molecule has 0 aliphatic heterocycles. The summed E-state index contributed by atoms with van der Waals surface area (Å²) in [4.78, 5) is 9.60. The average molecular weight is 396 g/mol. The predicted octanol–water partition coefficient (Wildman–Crippen LogP) is 5.05. The Bertz CT molecular complexity index is 1000. The van der Waals surface area contributed by atoms with E-state index in [-0.39, 0.29) is 0 Å². The maximum absolute atomic E-state index is 6.28. The first-order valence-electron chi connectivity index (χ1n) is 9.84. The number of aromatic nitrogens is 2. The van der Waals surface area contributed by atoms with Crippen LogP contribution in [0.25, 0.3) is 10.9 Å². The molecule has 0 unspecified atom stereocenters. The Balaban J connectivity index is 1.76. The molecule has 0 bridgehead atoms. The molecule has 1 aliphatic rings. The highest BCUT2D eigenvalue weighted by atomic mass is 35.5. The van der Waals surface area contributed by atoms with E-state index in [1.54, 1.807) is 0 Å². The van der Waals surface area contributed by atoms with Gasteiger partial charge in [-0.3, -0.25) is 0 Å². The van der Waals surface area contributed by atoms with Crippen molar-refractivity contribution in [2.45, 2.75) is 39.2 Å². The SMILES string of the molecule is Cc1ccc(Nc2nc(N[C@H](C)C3CC3)c3cccc(CCN)c3n2)cc1Cl. The number of para-hydroxylation sites is 1. The lowest BCUT2D eigenvalue weighted by Gasteiger charge is -2.18. The van der Waals surface area contributed by atoms with Gasteiger partial charge in [-0.1, -0.05) is 29.8 Å². The summed E-state index contributed by atoms with van der Waals surface area (Å²) in [5.74, 6) is 2.15. The van der Waals surface area contributed by atoms with Crippen LogP contribution in [0.5, 0.6) is 0 Å². The highest BCUT2D eigenvalue weighted by Crippen LogP contribution is 2.35. The van der Waals surface area contributed by atoms with Gasteiger partial charge in [-0.25, -0.2) is 4.98 Å². The topological polar surface area (TPSA) is 75.9 Å². The molecule has 1 fully saturated rings. The van der Waals surface area contributed by atoms with Crippen LogP contribution in [-0.4, -0.2) is 22.6 Å². The second-order valence-electron chi connectivity index (χ2n) is 7.61. The number of fused-ring (bicyclic) bond motifs is 1. The summed E-state index contributed by atoms with van der Waals surface area (Å²) in [5.41, 5.74) is 9.80. The van der Waals surface area contributed by atoms with Crippen molar-refractivity contribution in [3.8, 4) is 0 Å². The third kappa shape index (κ3) is 4.05.